The molecule has 0 atom stereocenters. The van der Waals surface area contributed by atoms with E-state index in [1.54, 1.807) is 12.1 Å². The zero-order valence-electron chi connectivity index (χ0n) is 16.0. The van der Waals surface area contributed by atoms with Gasteiger partial charge in [0.2, 0.25) is 5.91 Å². The third kappa shape index (κ3) is 3.58. The summed E-state index contributed by atoms with van der Waals surface area (Å²) < 4.78 is 10.9. The molecule has 1 saturated carbocycles. The minimum Gasteiger partial charge on any atom is -0.494 e. The number of carbonyl (C=O) groups is 2. The summed E-state index contributed by atoms with van der Waals surface area (Å²) in [4.78, 5) is 27.7. The number of aromatic carboxylic acids is 1. The number of carboxylic acids is 1. The number of benzene rings is 1. The van der Waals surface area contributed by atoms with Crippen molar-refractivity contribution in [3.63, 3.8) is 0 Å². The van der Waals surface area contributed by atoms with Crippen LogP contribution in [0.4, 0.5) is 17.2 Å². The minimum atomic E-state index is -1.14. The Hall–Kier alpha value is -3.62. The van der Waals surface area contributed by atoms with Crippen molar-refractivity contribution in [1.29, 1.82) is 0 Å². The molecule has 1 aliphatic carbocycles. The molecule has 29 heavy (non-hydrogen) atoms. The quantitative estimate of drug-likeness (QED) is 0.553. The van der Waals surface area contributed by atoms with Crippen LogP contribution in [0.2, 0.25) is 0 Å². The van der Waals surface area contributed by atoms with Gasteiger partial charge in [-0.15, -0.1) is 0 Å². The third-order valence-corrected chi connectivity index (χ3v) is 4.80. The number of nitrogens with zero attached hydrogens (tertiary/aromatic N) is 2. The predicted molar refractivity (Wildman–Crippen MR) is 106 cm³/mol. The molecule has 1 aromatic carbocycles. The lowest BCUT2D eigenvalue weighted by Crippen LogP contribution is -2.15. The number of rotatable bonds is 7. The van der Waals surface area contributed by atoms with Crippen LogP contribution < -0.4 is 15.4 Å². The van der Waals surface area contributed by atoms with Gasteiger partial charge < -0.3 is 25.0 Å². The van der Waals surface area contributed by atoms with Gasteiger partial charge in [0.1, 0.15) is 11.4 Å². The average molecular weight is 396 g/mol. The molecular weight excluding hydrogens is 376 g/mol. The fourth-order valence-corrected chi connectivity index (χ4v) is 3.13. The summed E-state index contributed by atoms with van der Waals surface area (Å²) in [5.74, 6) is -0.455. The summed E-state index contributed by atoms with van der Waals surface area (Å²) in [7, 11) is 1.53. The van der Waals surface area contributed by atoms with Gasteiger partial charge in [0.25, 0.3) is 0 Å². The Morgan fingerprint density at radius 3 is 2.76 bits per heavy atom. The number of ether oxygens (including phenoxy) is 1. The van der Waals surface area contributed by atoms with Crippen LogP contribution in [0.5, 0.6) is 5.75 Å². The van der Waals surface area contributed by atoms with E-state index in [2.05, 4.69) is 20.8 Å². The van der Waals surface area contributed by atoms with Crippen LogP contribution in [-0.4, -0.2) is 34.2 Å². The maximum Gasteiger partial charge on any atom is 0.339 e. The molecule has 0 unspecified atom stereocenters. The van der Waals surface area contributed by atoms with Crippen molar-refractivity contribution in [3.05, 3.63) is 35.7 Å². The number of methoxy groups -OCH3 is 1. The average Bonchev–Trinajstić information content (AvgIpc) is 3.48. The highest BCUT2D eigenvalue weighted by Crippen LogP contribution is 2.38. The van der Waals surface area contributed by atoms with Crippen molar-refractivity contribution in [1.82, 2.24) is 10.1 Å². The number of anilines is 3. The van der Waals surface area contributed by atoms with Crippen LogP contribution >= 0.6 is 0 Å². The number of hydrogen-bond donors (Lipinski definition) is 3. The molecule has 1 aliphatic rings. The Bertz CT molecular complexity index is 1100. The highest BCUT2D eigenvalue weighted by atomic mass is 16.5. The summed E-state index contributed by atoms with van der Waals surface area (Å²) >= 11 is 0. The van der Waals surface area contributed by atoms with Gasteiger partial charge in [-0.3, -0.25) is 4.79 Å². The normalized spacial score (nSPS) is 13.3. The number of fused-ring (bicyclic) bond motifs is 1. The first-order chi connectivity index (χ1) is 14.0. The molecule has 9 heteroatoms. The van der Waals surface area contributed by atoms with Gasteiger partial charge in [0, 0.05) is 18.2 Å². The number of carboxylic acid groups (broad SMARTS) is 1. The van der Waals surface area contributed by atoms with E-state index < -0.39 is 5.97 Å². The molecule has 0 bridgehead atoms. The number of aromatic nitrogens is 2. The van der Waals surface area contributed by atoms with Crippen LogP contribution in [0, 0.1) is 5.92 Å². The molecule has 1 fully saturated rings. The molecule has 2 aromatic heterocycles. The van der Waals surface area contributed by atoms with Gasteiger partial charge >= 0.3 is 5.97 Å². The topological polar surface area (TPSA) is 127 Å². The van der Waals surface area contributed by atoms with Crippen molar-refractivity contribution in [2.45, 2.75) is 26.2 Å². The van der Waals surface area contributed by atoms with Gasteiger partial charge in [0.05, 0.1) is 29.6 Å². The Kier molecular flexibility index (Phi) is 4.79. The largest absolute Gasteiger partial charge is 0.494 e. The summed E-state index contributed by atoms with van der Waals surface area (Å²) in [6, 6.07) is 4.96. The number of nitrogens with one attached hydrogen (secondary N) is 2. The summed E-state index contributed by atoms with van der Waals surface area (Å²) in [5.41, 5.74) is 2.12. The Balaban J connectivity index is 1.74. The van der Waals surface area contributed by atoms with E-state index in [4.69, 9.17) is 9.26 Å². The summed E-state index contributed by atoms with van der Waals surface area (Å²) in [5, 5.41) is 20.1. The fraction of sp³-hybridized carbons (Fsp3) is 0.300. The van der Waals surface area contributed by atoms with E-state index in [0.29, 0.717) is 23.4 Å². The van der Waals surface area contributed by atoms with Crippen LogP contribution in [0.3, 0.4) is 0 Å². The zero-order valence-corrected chi connectivity index (χ0v) is 16.0. The van der Waals surface area contributed by atoms with Crippen molar-refractivity contribution >= 4 is 40.0 Å². The lowest BCUT2D eigenvalue weighted by Gasteiger charge is -2.15. The molecule has 9 nitrogen and oxygen atoms in total. The van der Waals surface area contributed by atoms with E-state index in [9.17, 15) is 14.7 Å². The first-order valence-electron chi connectivity index (χ1n) is 9.28. The highest BCUT2D eigenvalue weighted by molar-refractivity contribution is 5.99. The second-order valence-corrected chi connectivity index (χ2v) is 6.81. The molecule has 150 valence electrons. The van der Waals surface area contributed by atoms with Gasteiger partial charge in [-0.25, -0.2) is 9.78 Å². The van der Waals surface area contributed by atoms with E-state index in [0.717, 1.165) is 23.9 Å². The molecular formula is C20H20N4O5. The standard InChI is InChI=1S/C20H20N4O5/c1-3-12-17-15(29-24-12)7-6-13(18(17)28-2)22-14-8-16(21-9-11(14)20(26)27)23-19(25)10-4-5-10/h6-10H,3-5H2,1-2H3,(H,26,27)(H2,21,22,23,25). The minimum absolute atomic E-state index is 0.0101. The van der Waals surface area contributed by atoms with Crippen molar-refractivity contribution in [2.24, 2.45) is 5.92 Å². The molecule has 1 amide bonds. The highest BCUT2D eigenvalue weighted by Gasteiger charge is 2.30. The second-order valence-electron chi connectivity index (χ2n) is 6.81. The van der Waals surface area contributed by atoms with Crippen LogP contribution in [0.1, 0.15) is 35.8 Å². The number of hydrogen-bond acceptors (Lipinski definition) is 7. The third-order valence-electron chi connectivity index (χ3n) is 4.80. The molecule has 0 spiro atoms. The summed E-state index contributed by atoms with van der Waals surface area (Å²) in [6.45, 7) is 1.96. The predicted octanol–water partition coefficient (Wildman–Crippen LogP) is 3.58. The number of carbonyl (C=O) groups excluding carboxylic acids is 1. The van der Waals surface area contributed by atoms with E-state index in [1.165, 1.54) is 19.4 Å². The summed E-state index contributed by atoms with van der Waals surface area (Å²) in [6.07, 6.45) is 3.59. The molecule has 0 aliphatic heterocycles. The van der Waals surface area contributed by atoms with Crippen molar-refractivity contribution < 1.29 is 24.0 Å². The zero-order chi connectivity index (χ0) is 20.5. The van der Waals surface area contributed by atoms with Crippen molar-refractivity contribution in [2.75, 3.05) is 17.7 Å². The SMILES string of the molecule is CCc1noc2ccc(Nc3cc(NC(=O)C4CC4)ncc3C(=O)O)c(OC)c12. The van der Waals surface area contributed by atoms with E-state index in [-0.39, 0.29) is 28.9 Å². The Morgan fingerprint density at radius 2 is 2.10 bits per heavy atom. The number of amides is 1. The molecule has 3 aromatic rings. The Morgan fingerprint density at radius 1 is 1.31 bits per heavy atom. The Labute approximate surface area is 166 Å². The van der Waals surface area contributed by atoms with E-state index in [1.807, 2.05) is 6.92 Å². The van der Waals surface area contributed by atoms with Gasteiger partial charge in [0.15, 0.2) is 11.3 Å². The van der Waals surface area contributed by atoms with Crippen LogP contribution in [-0.2, 0) is 11.2 Å². The van der Waals surface area contributed by atoms with Gasteiger partial charge in [-0.1, -0.05) is 12.1 Å². The monoisotopic (exact) mass is 396 g/mol. The lowest BCUT2D eigenvalue weighted by atomic mass is 10.1. The van der Waals surface area contributed by atoms with Crippen LogP contribution in [0.25, 0.3) is 11.0 Å². The number of pyridine rings is 1. The maximum atomic E-state index is 12.0. The molecule has 3 N–H and O–H groups in total. The van der Waals surface area contributed by atoms with Crippen LogP contribution in [0.15, 0.2) is 28.9 Å². The second kappa shape index (κ2) is 7.42. The number of aryl methyl sites for hydroxylation is 1. The first kappa shape index (κ1) is 18.7. The molecule has 4 rings (SSSR count). The first-order valence-corrected chi connectivity index (χ1v) is 9.28. The van der Waals surface area contributed by atoms with Gasteiger partial charge in [-0.2, -0.15) is 0 Å². The van der Waals surface area contributed by atoms with Gasteiger partial charge in [-0.05, 0) is 31.4 Å². The smallest absolute Gasteiger partial charge is 0.339 e. The molecule has 2 heterocycles. The van der Waals surface area contributed by atoms with E-state index >= 15 is 0 Å². The maximum absolute atomic E-state index is 12.0. The molecule has 0 radical (unpaired) electrons. The molecule has 0 saturated heterocycles. The van der Waals surface area contributed by atoms with Crippen molar-refractivity contribution in [3.8, 4) is 5.75 Å². The lowest BCUT2D eigenvalue weighted by molar-refractivity contribution is -0.117. The fourth-order valence-electron chi connectivity index (χ4n) is 3.13.